The molecule has 0 saturated carbocycles. The predicted octanol–water partition coefficient (Wildman–Crippen LogP) is 1.67. The SMILES string of the molecule is Cc1ccc(C(F)(F)F)cc1S(=O)(=O)NC(C)CO. The number of aliphatic hydroxyl groups excluding tert-OH is 1. The van der Waals surface area contributed by atoms with Gasteiger partial charge in [0.15, 0.2) is 0 Å². The number of nitrogens with one attached hydrogen (secondary N) is 1. The van der Waals surface area contributed by atoms with E-state index in [-0.39, 0.29) is 5.56 Å². The first kappa shape index (κ1) is 15.9. The molecule has 0 spiro atoms. The van der Waals surface area contributed by atoms with Crippen molar-refractivity contribution in [1.29, 1.82) is 0 Å². The van der Waals surface area contributed by atoms with Gasteiger partial charge in [0.1, 0.15) is 0 Å². The first-order valence-corrected chi connectivity index (χ1v) is 6.87. The van der Waals surface area contributed by atoms with Crippen LogP contribution >= 0.6 is 0 Å². The Labute approximate surface area is 109 Å². The van der Waals surface area contributed by atoms with Crippen molar-refractivity contribution in [3.8, 4) is 0 Å². The molecule has 1 aromatic rings. The van der Waals surface area contributed by atoms with E-state index in [0.29, 0.717) is 6.07 Å². The lowest BCUT2D eigenvalue weighted by molar-refractivity contribution is -0.137. The van der Waals surface area contributed by atoms with Gasteiger partial charge in [-0.1, -0.05) is 6.07 Å². The van der Waals surface area contributed by atoms with Gasteiger partial charge in [-0.2, -0.15) is 13.2 Å². The van der Waals surface area contributed by atoms with Gasteiger partial charge >= 0.3 is 6.18 Å². The third-order valence-corrected chi connectivity index (χ3v) is 4.17. The topological polar surface area (TPSA) is 66.4 Å². The summed E-state index contributed by atoms with van der Waals surface area (Å²) in [5.74, 6) is 0. The van der Waals surface area contributed by atoms with Crippen LogP contribution < -0.4 is 4.72 Å². The third-order valence-electron chi connectivity index (χ3n) is 2.44. The summed E-state index contributed by atoms with van der Waals surface area (Å²) >= 11 is 0. The first-order chi connectivity index (χ1) is 8.58. The fourth-order valence-corrected chi connectivity index (χ4v) is 2.94. The van der Waals surface area contributed by atoms with Crippen molar-refractivity contribution in [3.63, 3.8) is 0 Å². The van der Waals surface area contributed by atoms with Gasteiger partial charge in [0.05, 0.1) is 17.1 Å². The lowest BCUT2D eigenvalue weighted by Gasteiger charge is -2.15. The molecule has 0 fully saturated rings. The van der Waals surface area contributed by atoms with E-state index in [1.54, 1.807) is 0 Å². The fourth-order valence-electron chi connectivity index (χ4n) is 1.43. The van der Waals surface area contributed by atoms with Crippen molar-refractivity contribution >= 4 is 10.0 Å². The van der Waals surface area contributed by atoms with E-state index in [1.807, 2.05) is 0 Å². The Kier molecular flexibility index (Phi) is 4.59. The third kappa shape index (κ3) is 3.92. The highest BCUT2D eigenvalue weighted by molar-refractivity contribution is 7.89. The number of aryl methyl sites for hydroxylation is 1. The average molecular weight is 297 g/mol. The number of alkyl halides is 3. The Bertz CT molecular complexity index is 555. The van der Waals surface area contributed by atoms with Crippen LogP contribution in [0.3, 0.4) is 0 Å². The summed E-state index contributed by atoms with van der Waals surface area (Å²) < 4.78 is 63.6. The molecule has 1 atom stereocenters. The molecule has 1 rings (SSSR count). The second-order valence-corrected chi connectivity index (χ2v) is 5.87. The van der Waals surface area contributed by atoms with E-state index in [0.717, 1.165) is 12.1 Å². The molecule has 1 aromatic carbocycles. The molecule has 1 unspecified atom stereocenters. The first-order valence-electron chi connectivity index (χ1n) is 5.39. The summed E-state index contributed by atoms with van der Waals surface area (Å²) in [4.78, 5) is -0.442. The molecule has 0 bridgehead atoms. The van der Waals surface area contributed by atoms with E-state index in [4.69, 9.17) is 5.11 Å². The zero-order chi connectivity index (χ0) is 14.8. The summed E-state index contributed by atoms with van der Waals surface area (Å²) in [7, 11) is -4.10. The molecule has 4 nitrogen and oxygen atoms in total. The maximum absolute atomic E-state index is 12.6. The van der Waals surface area contributed by atoms with Crippen molar-refractivity contribution in [2.75, 3.05) is 6.61 Å². The normalized spacial score (nSPS) is 14.4. The summed E-state index contributed by atoms with van der Waals surface area (Å²) in [6, 6.07) is 1.73. The molecule has 8 heteroatoms. The van der Waals surface area contributed by atoms with Gasteiger partial charge in [0, 0.05) is 6.04 Å². The summed E-state index contributed by atoms with van der Waals surface area (Å²) in [6.45, 7) is 2.36. The molecule has 0 aliphatic heterocycles. The maximum Gasteiger partial charge on any atom is 0.416 e. The highest BCUT2D eigenvalue weighted by Gasteiger charge is 2.32. The molecule has 19 heavy (non-hydrogen) atoms. The number of halogens is 3. The Morgan fingerprint density at radius 1 is 1.37 bits per heavy atom. The quantitative estimate of drug-likeness (QED) is 0.888. The van der Waals surface area contributed by atoms with Gasteiger partial charge in [-0.05, 0) is 31.5 Å². The minimum absolute atomic E-state index is 0.200. The molecule has 0 saturated heterocycles. The summed E-state index contributed by atoms with van der Waals surface area (Å²) in [5, 5.41) is 8.79. The Balaban J connectivity index is 3.26. The van der Waals surface area contributed by atoms with Crippen molar-refractivity contribution in [3.05, 3.63) is 29.3 Å². The van der Waals surface area contributed by atoms with E-state index < -0.39 is 39.3 Å². The number of sulfonamides is 1. The lowest BCUT2D eigenvalue weighted by Crippen LogP contribution is -2.35. The molecule has 0 aliphatic rings. The van der Waals surface area contributed by atoms with E-state index in [9.17, 15) is 21.6 Å². The van der Waals surface area contributed by atoms with Crippen molar-refractivity contribution in [2.45, 2.75) is 31.0 Å². The Morgan fingerprint density at radius 3 is 2.42 bits per heavy atom. The van der Waals surface area contributed by atoms with Crippen LogP contribution in [-0.4, -0.2) is 26.2 Å². The van der Waals surface area contributed by atoms with Crippen molar-refractivity contribution in [1.82, 2.24) is 4.72 Å². The van der Waals surface area contributed by atoms with Crippen molar-refractivity contribution < 1.29 is 26.7 Å². The zero-order valence-electron chi connectivity index (χ0n) is 10.3. The zero-order valence-corrected chi connectivity index (χ0v) is 11.1. The summed E-state index contributed by atoms with van der Waals surface area (Å²) in [6.07, 6.45) is -4.61. The largest absolute Gasteiger partial charge is 0.416 e. The van der Waals surface area contributed by atoms with Gasteiger partial charge in [-0.25, -0.2) is 13.1 Å². The minimum atomic E-state index is -4.61. The standard InChI is InChI=1S/C11H14F3NO3S/c1-7-3-4-9(11(12,13)14)5-10(7)19(17,18)15-8(2)6-16/h3-5,8,15-16H,6H2,1-2H3. The smallest absolute Gasteiger partial charge is 0.395 e. The molecule has 2 N–H and O–H groups in total. The molecule has 0 aliphatic carbocycles. The Morgan fingerprint density at radius 2 is 1.95 bits per heavy atom. The van der Waals surface area contributed by atoms with Crippen LogP contribution in [0.15, 0.2) is 23.1 Å². The highest BCUT2D eigenvalue weighted by atomic mass is 32.2. The Hall–Kier alpha value is -1.12. The van der Waals surface area contributed by atoms with Crippen LogP contribution in [0.2, 0.25) is 0 Å². The second-order valence-electron chi connectivity index (χ2n) is 4.18. The van der Waals surface area contributed by atoms with E-state index in [2.05, 4.69) is 4.72 Å². The maximum atomic E-state index is 12.6. The minimum Gasteiger partial charge on any atom is -0.395 e. The molecular formula is C11H14F3NO3S. The number of hydrogen-bond acceptors (Lipinski definition) is 3. The summed E-state index contributed by atoms with van der Waals surface area (Å²) in [5.41, 5.74) is -0.833. The number of aliphatic hydroxyl groups is 1. The van der Waals surface area contributed by atoms with E-state index in [1.165, 1.54) is 13.8 Å². The fraction of sp³-hybridized carbons (Fsp3) is 0.455. The van der Waals surface area contributed by atoms with Crippen molar-refractivity contribution in [2.24, 2.45) is 0 Å². The monoisotopic (exact) mass is 297 g/mol. The van der Waals surface area contributed by atoms with Crippen LogP contribution in [0.1, 0.15) is 18.1 Å². The molecule has 108 valence electrons. The van der Waals surface area contributed by atoms with Gasteiger partial charge in [-0.15, -0.1) is 0 Å². The van der Waals surface area contributed by atoms with E-state index >= 15 is 0 Å². The van der Waals surface area contributed by atoms with Gasteiger partial charge in [-0.3, -0.25) is 0 Å². The lowest BCUT2D eigenvalue weighted by atomic mass is 10.1. The number of rotatable bonds is 4. The molecule has 0 aromatic heterocycles. The van der Waals surface area contributed by atoms with Crippen LogP contribution in [0, 0.1) is 6.92 Å². The number of hydrogen-bond donors (Lipinski definition) is 2. The molecule has 0 amide bonds. The van der Waals surface area contributed by atoms with Gasteiger partial charge < -0.3 is 5.11 Å². The second kappa shape index (κ2) is 5.48. The average Bonchev–Trinajstić information content (AvgIpc) is 2.26. The van der Waals surface area contributed by atoms with Gasteiger partial charge in [0.2, 0.25) is 10.0 Å². The molecule has 0 heterocycles. The highest BCUT2D eigenvalue weighted by Crippen LogP contribution is 2.31. The van der Waals surface area contributed by atoms with Crippen LogP contribution in [0.5, 0.6) is 0 Å². The van der Waals surface area contributed by atoms with Crippen LogP contribution in [0.4, 0.5) is 13.2 Å². The van der Waals surface area contributed by atoms with Crippen LogP contribution in [0.25, 0.3) is 0 Å². The van der Waals surface area contributed by atoms with Gasteiger partial charge in [0.25, 0.3) is 0 Å². The molecular weight excluding hydrogens is 283 g/mol. The van der Waals surface area contributed by atoms with Crippen LogP contribution in [-0.2, 0) is 16.2 Å². The molecule has 0 radical (unpaired) electrons. The number of benzene rings is 1. The predicted molar refractivity (Wildman–Crippen MR) is 63.1 cm³/mol.